The summed E-state index contributed by atoms with van der Waals surface area (Å²) >= 11 is 0. The summed E-state index contributed by atoms with van der Waals surface area (Å²) in [6.07, 6.45) is 5.06. The van der Waals surface area contributed by atoms with Gasteiger partial charge in [0.2, 0.25) is 0 Å². The zero-order chi connectivity index (χ0) is 16.8. The molecule has 3 nitrogen and oxygen atoms in total. The molecule has 3 rings (SSSR count). The van der Waals surface area contributed by atoms with E-state index in [9.17, 15) is 10.3 Å². The molecule has 0 spiro atoms. The van der Waals surface area contributed by atoms with Gasteiger partial charge in [-0.05, 0) is 37.8 Å². The first kappa shape index (κ1) is 16.3. The van der Waals surface area contributed by atoms with Crippen molar-refractivity contribution in [3.05, 3.63) is 76.5 Å². The Morgan fingerprint density at radius 3 is 2.46 bits per heavy atom. The first-order valence-corrected chi connectivity index (χ1v) is 8.32. The van der Waals surface area contributed by atoms with Crippen molar-refractivity contribution in [2.75, 3.05) is 0 Å². The minimum atomic E-state index is -0.867. The van der Waals surface area contributed by atoms with E-state index in [1.165, 1.54) is 0 Å². The van der Waals surface area contributed by atoms with E-state index in [4.69, 9.17) is 0 Å². The molecule has 2 aromatic rings. The number of benzene rings is 2. The molecule has 0 aromatic heterocycles. The Morgan fingerprint density at radius 1 is 1.04 bits per heavy atom. The average Bonchev–Trinajstić information content (AvgIpc) is 3.02. The van der Waals surface area contributed by atoms with Gasteiger partial charge in [0.05, 0.1) is 5.56 Å². The molecule has 3 heteroatoms. The van der Waals surface area contributed by atoms with Crippen LogP contribution in [0.1, 0.15) is 42.4 Å². The van der Waals surface area contributed by atoms with Gasteiger partial charge in [0.15, 0.2) is 12.8 Å². The van der Waals surface area contributed by atoms with Gasteiger partial charge >= 0.3 is 0 Å². The Morgan fingerprint density at radius 2 is 1.71 bits per heavy atom. The number of hydroxylamine groups is 1. The number of rotatable bonds is 3. The van der Waals surface area contributed by atoms with Gasteiger partial charge in [-0.2, -0.15) is 0 Å². The molecule has 1 N–H and O–H groups in total. The first-order chi connectivity index (χ1) is 11.6. The molecule has 0 radical (unpaired) electrons. The number of hydrogen-bond acceptors (Lipinski definition) is 2. The summed E-state index contributed by atoms with van der Waals surface area (Å²) in [7, 11) is 0. The summed E-state index contributed by atoms with van der Waals surface area (Å²) in [6.45, 7) is 0.298. The minimum Gasteiger partial charge on any atom is -0.624 e. The fraction of sp³-hybridized carbons (Fsp3) is 0.286. The highest BCUT2D eigenvalue weighted by molar-refractivity contribution is 5.80. The van der Waals surface area contributed by atoms with E-state index in [-0.39, 0.29) is 0 Å². The summed E-state index contributed by atoms with van der Waals surface area (Å²) in [5, 5.41) is 22.6. The summed E-state index contributed by atoms with van der Waals surface area (Å²) in [5.74, 6) is 6.07. The Labute approximate surface area is 142 Å². The van der Waals surface area contributed by atoms with Crippen molar-refractivity contribution < 1.29 is 9.85 Å². The van der Waals surface area contributed by atoms with E-state index in [1.807, 2.05) is 54.6 Å². The van der Waals surface area contributed by atoms with Crippen LogP contribution >= 0.6 is 0 Å². The molecule has 0 saturated heterocycles. The Kier molecular flexibility index (Phi) is 4.98. The number of hydrogen-bond donors (Lipinski definition) is 1. The summed E-state index contributed by atoms with van der Waals surface area (Å²) in [5.41, 5.74) is 1.64. The topological polar surface area (TPSA) is 46.3 Å². The third kappa shape index (κ3) is 4.24. The van der Waals surface area contributed by atoms with Gasteiger partial charge in [-0.1, -0.05) is 54.3 Å². The molecule has 0 heterocycles. The lowest BCUT2D eigenvalue weighted by atomic mass is 10.0. The molecule has 1 aliphatic carbocycles. The highest BCUT2D eigenvalue weighted by atomic mass is 16.5. The second kappa shape index (κ2) is 7.33. The maximum absolute atomic E-state index is 12.2. The Balaban J connectivity index is 1.81. The van der Waals surface area contributed by atoms with Gasteiger partial charge in [0, 0.05) is 11.1 Å². The van der Waals surface area contributed by atoms with Crippen molar-refractivity contribution >= 4 is 6.21 Å². The van der Waals surface area contributed by atoms with Crippen molar-refractivity contribution in [1.29, 1.82) is 0 Å². The quantitative estimate of drug-likeness (QED) is 0.309. The fourth-order valence-corrected chi connectivity index (χ4v) is 2.96. The zero-order valence-electron chi connectivity index (χ0n) is 13.6. The van der Waals surface area contributed by atoms with Gasteiger partial charge in [-0.3, -0.25) is 0 Å². The molecule has 0 bridgehead atoms. The van der Waals surface area contributed by atoms with Gasteiger partial charge < -0.3 is 10.3 Å². The molecular formula is C21H21NO2. The third-order valence-corrected chi connectivity index (χ3v) is 4.29. The van der Waals surface area contributed by atoms with Gasteiger partial charge in [0.25, 0.3) is 0 Å². The minimum absolute atomic E-state index is 0.298. The Bertz CT molecular complexity index is 778. The van der Waals surface area contributed by atoms with Crippen LogP contribution < -0.4 is 0 Å². The second-order valence-corrected chi connectivity index (χ2v) is 6.27. The molecule has 122 valence electrons. The summed E-state index contributed by atoms with van der Waals surface area (Å²) < 4.78 is 0.917. The molecule has 0 atom stereocenters. The normalized spacial score (nSPS) is 16.5. The predicted octanol–water partition coefficient (Wildman–Crippen LogP) is 3.47. The van der Waals surface area contributed by atoms with Crippen LogP contribution in [0.4, 0.5) is 0 Å². The van der Waals surface area contributed by atoms with Crippen LogP contribution in [0, 0.1) is 17.0 Å². The standard InChI is InChI=1S/C21H21NO2/c23-21(13-6-7-14-21)15-12-19-10-4-5-11-20(19)17-22(24)16-18-8-2-1-3-9-18/h1-5,8-11,17,23H,6-7,13-14,16H2/b22-17-. The van der Waals surface area contributed by atoms with Crippen LogP contribution in [0.3, 0.4) is 0 Å². The molecule has 1 saturated carbocycles. The highest BCUT2D eigenvalue weighted by Gasteiger charge is 2.28. The monoisotopic (exact) mass is 319 g/mol. The van der Waals surface area contributed by atoms with Crippen LogP contribution in [0.15, 0.2) is 54.6 Å². The predicted molar refractivity (Wildman–Crippen MR) is 95.7 cm³/mol. The first-order valence-electron chi connectivity index (χ1n) is 8.32. The van der Waals surface area contributed by atoms with E-state index in [1.54, 1.807) is 6.21 Å². The lowest BCUT2D eigenvalue weighted by Gasteiger charge is -2.13. The number of aliphatic hydroxyl groups is 1. The van der Waals surface area contributed by atoms with Crippen LogP contribution in [-0.2, 0) is 6.54 Å². The van der Waals surface area contributed by atoms with Crippen LogP contribution in [0.2, 0.25) is 0 Å². The highest BCUT2D eigenvalue weighted by Crippen LogP contribution is 2.28. The van der Waals surface area contributed by atoms with E-state index < -0.39 is 5.60 Å². The summed E-state index contributed by atoms with van der Waals surface area (Å²) in [6, 6.07) is 17.2. The molecule has 0 aliphatic heterocycles. The van der Waals surface area contributed by atoms with E-state index in [2.05, 4.69) is 11.8 Å². The van der Waals surface area contributed by atoms with Crippen molar-refractivity contribution in [2.45, 2.75) is 37.8 Å². The molecule has 0 amide bonds. The molecule has 0 unspecified atom stereocenters. The summed E-state index contributed by atoms with van der Waals surface area (Å²) in [4.78, 5) is 0. The van der Waals surface area contributed by atoms with Gasteiger partial charge in [-0.25, -0.2) is 4.74 Å². The van der Waals surface area contributed by atoms with E-state index >= 15 is 0 Å². The maximum atomic E-state index is 12.2. The van der Waals surface area contributed by atoms with E-state index in [0.29, 0.717) is 6.54 Å². The van der Waals surface area contributed by atoms with Crippen LogP contribution in [0.25, 0.3) is 0 Å². The average molecular weight is 319 g/mol. The van der Waals surface area contributed by atoms with Crippen LogP contribution in [0.5, 0.6) is 0 Å². The lowest BCUT2D eigenvalue weighted by Crippen LogP contribution is -2.20. The van der Waals surface area contributed by atoms with Crippen molar-refractivity contribution in [3.63, 3.8) is 0 Å². The van der Waals surface area contributed by atoms with E-state index in [0.717, 1.165) is 47.1 Å². The molecule has 1 aliphatic rings. The number of nitrogens with zero attached hydrogens (tertiary/aromatic N) is 1. The molecular weight excluding hydrogens is 298 g/mol. The van der Waals surface area contributed by atoms with Gasteiger partial charge in [-0.15, -0.1) is 0 Å². The lowest BCUT2D eigenvalue weighted by molar-refractivity contribution is -0.469. The smallest absolute Gasteiger partial charge is 0.183 e. The second-order valence-electron chi connectivity index (χ2n) is 6.27. The largest absolute Gasteiger partial charge is 0.624 e. The van der Waals surface area contributed by atoms with Crippen molar-refractivity contribution in [3.8, 4) is 11.8 Å². The molecule has 2 aromatic carbocycles. The SMILES string of the molecule is [O-]/[N+](=C\c1ccccc1C#CC1(O)CCCC1)Cc1ccccc1. The fourth-order valence-electron chi connectivity index (χ4n) is 2.96. The van der Waals surface area contributed by atoms with Gasteiger partial charge in [0.1, 0.15) is 5.60 Å². The maximum Gasteiger partial charge on any atom is 0.183 e. The zero-order valence-corrected chi connectivity index (χ0v) is 13.6. The Hall–Kier alpha value is -2.57. The molecule has 24 heavy (non-hydrogen) atoms. The van der Waals surface area contributed by atoms with Crippen LogP contribution in [-0.4, -0.2) is 21.7 Å². The van der Waals surface area contributed by atoms with Crippen molar-refractivity contribution in [2.24, 2.45) is 0 Å². The molecule has 1 fully saturated rings. The third-order valence-electron chi connectivity index (χ3n) is 4.29. The van der Waals surface area contributed by atoms with Crippen molar-refractivity contribution in [1.82, 2.24) is 0 Å².